The molecule has 0 saturated heterocycles. The van der Waals surface area contributed by atoms with Crippen molar-refractivity contribution in [2.24, 2.45) is 0 Å². The highest BCUT2D eigenvalue weighted by Gasteiger charge is 2.27. The molecule has 2 atom stereocenters. The summed E-state index contributed by atoms with van der Waals surface area (Å²) < 4.78 is 29.1. The second kappa shape index (κ2) is 13.7. The number of methoxy groups -OCH3 is 1. The Morgan fingerprint density at radius 2 is 1.97 bits per heavy atom. The third kappa shape index (κ3) is 9.32. The fraction of sp³-hybridized carbons (Fsp3) is 0.421. The minimum atomic E-state index is -3.83. The van der Waals surface area contributed by atoms with Crippen molar-refractivity contribution >= 4 is 26.3 Å². The van der Waals surface area contributed by atoms with Crippen LogP contribution >= 0.6 is 7.75 Å². The van der Waals surface area contributed by atoms with Gasteiger partial charge in [0.2, 0.25) is 12.3 Å². The summed E-state index contributed by atoms with van der Waals surface area (Å²) in [6.07, 6.45) is 2.38. The summed E-state index contributed by atoms with van der Waals surface area (Å²) in [4.78, 5) is 34.8. The van der Waals surface area contributed by atoms with Crippen molar-refractivity contribution in [3.05, 3.63) is 42.1 Å². The molecule has 0 saturated carbocycles. The Morgan fingerprint density at radius 1 is 1.27 bits per heavy atom. The Labute approximate surface area is 176 Å². The van der Waals surface area contributed by atoms with E-state index >= 15 is 0 Å². The largest absolute Gasteiger partial charge is 0.459 e. The monoisotopic (exact) mass is 441 g/mol. The second-order valence-corrected chi connectivity index (χ2v) is 7.86. The number of likely N-dealkylation sites (N-methyl/N-ethyl adjacent to an activating group) is 1. The minimum absolute atomic E-state index is 0.114. The molecule has 0 heterocycles. The Balaban J connectivity index is 2.71. The Hall–Kier alpha value is -2.52. The van der Waals surface area contributed by atoms with Crippen LogP contribution in [0, 0.1) is 0 Å². The van der Waals surface area contributed by atoms with Crippen LogP contribution < -0.4 is 14.9 Å². The lowest BCUT2D eigenvalue weighted by molar-refractivity contribution is -0.117. The van der Waals surface area contributed by atoms with Crippen LogP contribution in [0.3, 0.4) is 0 Å². The van der Waals surface area contributed by atoms with Gasteiger partial charge in [0.1, 0.15) is 12.0 Å². The highest BCUT2D eigenvalue weighted by Crippen LogP contribution is 2.44. The maximum absolute atomic E-state index is 12.9. The molecule has 0 aliphatic rings. The zero-order valence-electron chi connectivity index (χ0n) is 17.3. The fourth-order valence-corrected chi connectivity index (χ4v) is 3.54. The molecule has 1 unspecified atom stereocenters. The predicted octanol–water partition coefficient (Wildman–Crippen LogP) is 1.49. The first kappa shape index (κ1) is 25.5. The molecule has 0 fully saturated rings. The van der Waals surface area contributed by atoms with E-state index in [1.807, 2.05) is 0 Å². The summed E-state index contributed by atoms with van der Waals surface area (Å²) in [7, 11) is -0.879. The number of para-hydroxylation sites is 1. The SMILES string of the molecule is CNC(=O)/C(C)=C\N(C=O)CCC(CO[P@@](=O)(NCC=O)Oc1ccccc1)OC. The molecule has 0 radical (unpaired) electrons. The van der Waals surface area contributed by atoms with Gasteiger partial charge < -0.3 is 24.3 Å². The van der Waals surface area contributed by atoms with Gasteiger partial charge in [0.05, 0.1) is 19.3 Å². The summed E-state index contributed by atoms with van der Waals surface area (Å²) in [5, 5.41) is 4.93. The summed E-state index contributed by atoms with van der Waals surface area (Å²) in [6.45, 7) is 1.50. The van der Waals surface area contributed by atoms with E-state index in [9.17, 15) is 18.9 Å². The summed E-state index contributed by atoms with van der Waals surface area (Å²) in [6, 6.07) is 8.40. The highest BCUT2D eigenvalue weighted by molar-refractivity contribution is 7.52. The van der Waals surface area contributed by atoms with E-state index in [-0.39, 0.29) is 25.6 Å². The third-order valence-electron chi connectivity index (χ3n) is 3.89. The zero-order valence-corrected chi connectivity index (χ0v) is 18.2. The number of hydrogen-bond donors (Lipinski definition) is 2. The maximum atomic E-state index is 12.9. The molecule has 1 aromatic carbocycles. The first-order valence-electron chi connectivity index (χ1n) is 9.19. The molecule has 0 bridgehead atoms. The molecule has 2 amide bonds. The molecule has 1 rings (SSSR count). The van der Waals surface area contributed by atoms with Crippen molar-refractivity contribution in [3.8, 4) is 5.75 Å². The van der Waals surface area contributed by atoms with Crippen molar-refractivity contribution in [2.75, 3.05) is 33.9 Å². The second-order valence-electron chi connectivity index (χ2n) is 6.11. The number of aldehydes is 1. The quantitative estimate of drug-likeness (QED) is 0.238. The van der Waals surface area contributed by atoms with Gasteiger partial charge in [0.15, 0.2) is 0 Å². The Kier molecular flexibility index (Phi) is 11.6. The molecule has 11 heteroatoms. The van der Waals surface area contributed by atoms with Crippen LogP contribution in [-0.4, -0.2) is 63.5 Å². The first-order chi connectivity index (χ1) is 14.4. The van der Waals surface area contributed by atoms with E-state index in [4.69, 9.17) is 13.8 Å². The number of carbonyl (C=O) groups excluding carboxylic acids is 3. The van der Waals surface area contributed by atoms with Gasteiger partial charge in [-0.2, -0.15) is 0 Å². The van der Waals surface area contributed by atoms with Gasteiger partial charge >= 0.3 is 7.75 Å². The Bertz CT molecular complexity index is 758. The first-order valence-corrected chi connectivity index (χ1v) is 10.7. The molecular formula is C19H28N3O7P. The van der Waals surface area contributed by atoms with E-state index < -0.39 is 13.9 Å². The summed E-state index contributed by atoms with van der Waals surface area (Å²) in [5.74, 6) is 0.0175. The van der Waals surface area contributed by atoms with Gasteiger partial charge in [-0.25, -0.2) is 9.65 Å². The van der Waals surface area contributed by atoms with Crippen LogP contribution in [0.4, 0.5) is 0 Å². The number of nitrogens with zero attached hydrogens (tertiary/aromatic N) is 1. The van der Waals surface area contributed by atoms with E-state index in [0.717, 1.165) is 0 Å². The lowest BCUT2D eigenvalue weighted by Crippen LogP contribution is -2.28. The lowest BCUT2D eigenvalue weighted by atomic mass is 10.2. The Morgan fingerprint density at radius 3 is 2.53 bits per heavy atom. The van der Waals surface area contributed by atoms with Gasteiger partial charge in [0.25, 0.3) is 0 Å². The van der Waals surface area contributed by atoms with Crippen molar-refractivity contribution < 1.29 is 32.7 Å². The molecule has 0 aliphatic carbocycles. The third-order valence-corrected chi connectivity index (χ3v) is 5.40. The molecule has 1 aromatic rings. The average Bonchev–Trinajstić information content (AvgIpc) is 2.76. The minimum Gasteiger partial charge on any atom is -0.413 e. The van der Waals surface area contributed by atoms with Crippen molar-refractivity contribution in [3.63, 3.8) is 0 Å². The molecule has 30 heavy (non-hydrogen) atoms. The van der Waals surface area contributed by atoms with Gasteiger partial charge in [-0.1, -0.05) is 18.2 Å². The van der Waals surface area contributed by atoms with Crippen LogP contribution in [0.2, 0.25) is 0 Å². The number of ether oxygens (including phenoxy) is 1. The van der Waals surface area contributed by atoms with E-state index in [1.54, 1.807) is 37.3 Å². The molecule has 0 spiro atoms. The van der Waals surface area contributed by atoms with Gasteiger partial charge in [-0.15, -0.1) is 0 Å². The number of nitrogens with one attached hydrogen (secondary N) is 2. The van der Waals surface area contributed by atoms with Crippen LogP contribution in [-0.2, 0) is 28.2 Å². The molecule has 2 N–H and O–H groups in total. The van der Waals surface area contributed by atoms with Crippen LogP contribution in [0.5, 0.6) is 5.75 Å². The van der Waals surface area contributed by atoms with E-state index in [0.29, 0.717) is 30.4 Å². The number of amides is 2. The fourth-order valence-electron chi connectivity index (χ4n) is 2.27. The smallest absolute Gasteiger partial charge is 0.413 e. The zero-order chi connectivity index (χ0) is 22.4. The standard InChI is InChI=1S/C19H28N3O7P/c1-16(19(25)20-2)13-22(15-24)11-9-18(27-3)14-28-30(26,21-10-12-23)29-17-7-5-4-6-8-17/h4-8,12-13,15,18H,9-11,14H2,1-3H3,(H,20,25)(H,21,26)/b16-13-/t18?,30-/m0/s1. The lowest BCUT2D eigenvalue weighted by Gasteiger charge is -2.23. The average molecular weight is 441 g/mol. The molecule has 0 aliphatic heterocycles. The number of rotatable bonds is 15. The maximum Gasteiger partial charge on any atom is 0.459 e. The van der Waals surface area contributed by atoms with Gasteiger partial charge in [0, 0.05) is 32.5 Å². The van der Waals surface area contributed by atoms with Crippen molar-refractivity contribution in [2.45, 2.75) is 19.4 Å². The van der Waals surface area contributed by atoms with Gasteiger partial charge in [-0.3, -0.25) is 14.1 Å². The highest BCUT2D eigenvalue weighted by atomic mass is 31.2. The number of hydrogen-bond acceptors (Lipinski definition) is 7. The molecule has 10 nitrogen and oxygen atoms in total. The molecular weight excluding hydrogens is 413 g/mol. The van der Waals surface area contributed by atoms with Crippen molar-refractivity contribution in [1.82, 2.24) is 15.3 Å². The number of carbonyl (C=O) groups is 3. The van der Waals surface area contributed by atoms with E-state index in [2.05, 4.69) is 10.4 Å². The summed E-state index contributed by atoms with van der Waals surface area (Å²) >= 11 is 0. The van der Waals surface area contributed by atoms with Crippen molar-refractivity contribution in [1.29, 1.82) is 0 Å². The van der Waals surface area contributed by atoms with Gasteiger partial charge in [-0.05, 0) is 25.5 Å². The molecule has 166 valence electrons. The predicted molar refractivity (Wildman–Crippen MR) is 111 cm³/mol. The summed E-state index contributed by atoms with van der Waals surface area (Å²) in [5.41, 5.74) is 0.369. The van der Waals surface area contributed by atoms with Crippen LogP contribution in [0.25, 0.3) is 0 Å². The molecule has 0 aromatic heterocycles. The normalized spacial score (nSPS) is 14.3. The van der Waals surface area contributed by atoms with Crippen LogP contribution in [0.15, 0.2) is 42.1 Å². The number of benzene rings is 1. The van der Waals surface area contributed by atoms with E-state index in [1.165, 1.54) is 25.3 Å². The van der Waals surface area contributed by atoms with Crippen LogP contribution in [0.1, 0.15) is 13.3 Å². The topological polar surface area (TPSA) is 123 Å².